The first-order valence-corrected chi connectivity index (χ1v) is 10.5. The normalized spacial score (nSPS) is 15.8. The fourth-order valence-corrected chi connectivity index (χ4v) is 4.76. The van der Waals surface area contributed by atoms with Crippen molar-refractivity contribution in [2.45, 2.75) is 11.1 Å². The zero-order valence-corrected chi connectivity index (χ0v) is 17.3. The number of methoxy groups -OCH3 is 1. The molecule has 12 heteroatoms. The Morgan fingerprint density at radius 2 is 1.83 bits per heavy atom. The number of benzene rings is 1. The Kier molecular flexibility index (Phi) is 6.25. The summed E-state index contributed by atoms with van der Waals surface area (Å²) in [6, 6.07) is 6.30. The van der Waals surface area contributed by atoms with Crippen LogP contribution in [0.1, 0.15) is 15.9 Å². The second kappa shape index (κ2) is 8.40. The summed E-state index contributed by atoms with van der Waals surface area (Å²) in [5, 5.41) is -0.160. The van der Waals surface area contributed by atoms with Crippen LogP contribution in [0.5, 0.6) is 0 Å². The molecule has 0 N–H and O–H groups in total. The average molecular weight is 464 g/mol. The van der Waals surface area contributed by atoms with Crippen LogP contribution in [0, 0.1) is 0 Å². The number of alkyl halides is 3. The van der Waals surface area contributed by atoms with Crippen LogP contribution in [-0.4, -0.2) is 57.0 Å². The van der Waals surface area contributed by atoms with E-state index >= 15 is 0 Å². The number of piperazine rings is 1. The van der Waals surface area contributed by atoms with Crippen molar-refractivity contribution < 1.29 is 31.1 Å². The van der Waals surface area contributed by atoms with Crippen molar-refractivity contribution in [3.05, 3.63) is 52.7 Å². The highest BCUT2D eigenvalue weighted by Gasteiger charge is 2.33. The van der Waals surface area contributed by atoms with Crippen molar-refractivity contribution in [1.29, 1.82) is 0 Å². The number of carbonyl (C=O) groups is 1. The zero-order valence-electron chi connectivity index (χ0n) is 15.7. The fraction of sp³-hybridized carbons (Fsp3) is 0.333. The molecule has 7 nitrogen and oxygen atoms in total. The van der Waals surface area contributed by atoms with Crippen LogP contribution in [0.3, 0.4) is 0 Å². The van der Waals surface area contributed by atoms with E-state index in [2.05, 4.69) is 9.72 Å². The largest absolute Gasteiger partial charge is 0.465 e. The summed E-state index contributed by atoms with van der Waals surface area (Å²) >= 11 is 5.97. The van der Waals surface area contributed by atoms with Crippen LogP contribution in [0.2, 0.25) is 5.02 Å². The number of sulfonamides is 1. The van der Waals surface area contributed by atoms with E-state index in [4.69, 9.17) is 11.6 Å². The minimum atomic E-state index is -4.55. The lowest BCUT2D eigenvalue weighted by atomic mass is 10.2. The minimum absolute atomic E-state index is 0.0514. The van der Waals surface area contributed by atoms with Crippen LogP contribution in [0.25, 0.3) is 0 Å². The number of anilines is 1. The third-order valence-electron chi connectivity index (χ3n) is 4.58. The molecule has 2 heterocycles. The first kappa shape index (κ1) is 22.3. The van der Waals surface area contributed by atoms with E-state index in [1.54, 1.807) is 4.90 Å². The summed E-state index contributed by atoms with van der Waals surface area (Å²) in [5.74, 6) is -0.491. The van der Waals surface area contributed by atoms with E-state index < -0.39 is 27.7 Å². The van der Waals surface area contributed by atoms with Gasteiger partial charge in [-0.1, -0.05) is 17.7 Å². The third-order valence-corrected chi connectivity index (χ3v) is 6.75. The van der Waals surface area contributed by atoms with E-state index in [1.807, 2.05) is 0 Å². The first-order valence-electron chi connectivity index (χ1n) is 8.70. The minimum Gasteiger partial charge on any atom is -0.465 e. The number of hydrogen-bond donors (Lipinski definition) is 0. The van der Waals surface area contributed by atoms with Crippen molar-refractivity contribution >= 4 is 33.4 Å². The molecular formula is C18H17ClF3N3O4S. The van der Waals surface area contributed by atoms with Gasteiger partial charge in [-0.2, -0.15) is 17.5 Å². The molecule has 0 spiro atoms. The van der Waals surface area contributed by atoms with Gasteiger partial charge in [0.2, 0.25) is 10.0 Å². The van der Waals surface area contributed by atoms with Gasteiger partial charge in [0.1, 0.15) is 5.82 Å². The smallest absolute Gasteiger partial charge is 0.417 e. The molecular weight excluding hydrogens is 447 g/mol. The highest BCUT2D eigenvalue weighted by atomic mass is 35.5. The molecule has 2 aromatic rings. The van der Waals surface area contributed by atoms with Crippen LogP contribution in [0.4, 0.5) is 19.0 Å². The number of ether oxygens (including phenoxy) is 1. The number of nitrogens with zero attached hydrogens (tertiary/aromatic N) is 3. The van der Waals surface area contributed by atoms with Gasteiger partial charge >= 0.3 is 12.1 Å². The SMILES string of the molecule is COC(=O)c1cccc(S(=O)(=O)N2CCN(c3ncc(C(F)(F)F)cc3Cl)CC2)c1. The molecule has 0 atom stereocenters. The van der Waals surface area contributed by atoms with E-state index in [1.165, 1.54) is 35.7 Å². The first-order chi connectivity index (χ1) is 14.0. The molecule has 1 aromatic heterocycles. The van der Waals surface area contributed by atoms with Gasteiger partial charge in [-0.15, -0.1) is 0 Å². The number of esters is 1. The summed E-state index contributed by atoms with van der Waals surface area (Å²) in [6.45, 7) is 0.523. The van der Waals surface area contributed by atoms with Gasteiger partial charge in [-0.3, -0.25) is 0 Å². The lowest BCUT2D eigenvalue weighted by Gasteiger charge is -2.35. The van der Waals surface area contributed by atoms with Crippen LogP contribution in [0.15, 0.2) is 41.4 Å². The Bertz CT molecular complexity index is 1050. The number of rotatable bonds is 4. The van der Waals surface area contributed by atoms with Crippen LogP contribution < -0.4 is 4.90 Å². The predicted molar refractivity (Wildman–Crippen MR) is 103 cm³/mol. The van der Waals surface area contributed by atoms with Crippen molar-refractivity contribution in [2.24, 2.45) is 0 Å². The lowest BCUT2D eigenvalue weighted by molar-refractivity contribution is -0.137. The molecule has 0 aliphatic carbocycles. The van der Waals surface area contributed by atoms with Gasteiger partial charge in [0, 0.05) is 32.4 Å². The van der Waals surface area contributed by atoms with Crippen molar-refractivity contribution in [3.63, 3.8) is 0 Å². The quantitative estimate of drug-likeness (QED) is 0.648. The Hall–Kier alpha value is -2.37. The number of hydrogen-bond acceptors (Lipinski definition) is 6. The second-order valence-corrected chi connectivity index (χ2v) is 8.78. The van der Waals surface area contributed by atoms with Crippen molar-refractivity contribution in [3.8, 4) is 0 Å². The summed E-state index contributed by atoms with van der Waals surface area (Å²) in [6.07, 6.45) is -3.86. The van der Waals surface area contributed by atoms with Gasteiger partial charge in [-0.25, -0.2) is 18.2 Å². The molecule has 0 amide bonds. The predicted octanol–water partition coefficient (Wildman–Crippen LogP) is 3.05. The number of aromatic nitrogens is 1. The monoisotopic (exact) mass is 463 g/mol. The van der Waals surface area contributed by atoms with Gasteiger partial charge in [0.25, 0.3) is 0 Å². The lowest BCUT2D eigenvalue weighted by Crippen LogP contribution is -2.49. The molecule has 3 rings (SSSR count). The van der Waals surface area contributed by atoms with E-state index in [0.29, 0.717) is 6.20 Å². The molecule has 1 saturated heterocycles. The molecule has 0 saturated carbocycles. The Morgan fingerprint density at radius 3 is 2.40 bits per heavy atom. The molecule has 1 fully saturated rings. The molecule has 1 aromatic carbocycles. The van der Waals surface area contributed by atoms with E-state index in [9.17, 15) is 26.4 Å². The Balaban J connectivity index is 1.75. The highest BCUT2D eigenvalue weighted by molar-refractivity contribution is 7.89. The van der Waals surface area contributed by atoms with E-state index in [0.717, 1.165) is 6.07 Å². The highest BCUT2D eigenvalue weighted by Crippen LogP contribution is 2.34. The zero-order chi connectivity index (χ0) is 22.1. The molecule has 1 aliphatic rings. The summed E-state index contributed by atoms with van der Waals surface area (Å²) in [5.41, 5.74) is -0.846. The third kappa shape index (κ3) is 4.52. The maximum absolute atomic E-state index is 12.9. The Morgan fingerprint density at radius 1 is 1.17 bits per heavy atom. The van der Waals surface area contributed by atoms with Gasteiger partial charge in [0.15, 0.2) is 0 Å². The average Bonchev–Trinajstić information content (AvgIpc) is 2.72. The van der Waals surface area contributed by atoms with E-state index in [-0.39, 0.29) is 47.5 Å². The maximum atomic E-state index is 12.9. The molecule has 162 valence electrons. The summed E-state index contributed by atoms with van der Waals surface area (Å²) in [7, 11) is -2.67. The summed E-state index contributed by atoms with van der Waals surface area (Å²) < 4.78 is 70.0. The molecule has 0 bridgehead atoms. The number of pyridine rings is 1. The maximum Gasteiger partial charge on any atom is 0.417 e. The van der Waals surface area contributed by atoms with Crippen LogP contribution >= 0.6 is 11.6 Å². The van der Waals surface area contributed by atoms with Crippen molar-refractivity contribution in [2.75, 3.05) is 38.2 Å². The second-order valence-electron chi connectivity index (χ2n) is 6.44. The molecule has 30 heavy (non-hydrogen) atoms. The topological polar surface area (TPSA) is 79.8 Å². The Labute approximate surface area is 176 Å². The summed E-state index contributed by atoms with van der Waals surface area (Å²) in [4.78, 5) is 17.0. The van der Waals surface area contributed by atoms with Crippen molar-refractivity contribution in [1.82, 2.24) is 9.29 Å². The fourth-order valence-electron chi connectivity index (χ4n) is 3.01. The number of halogens is 4. The number of carbonyl (C=O) groups excluding carboxylic acids is 1. The molecule has 0 unspecified atom stereocenters. The van der Waals surface area contributed by atoms with Gasteiger partial charge < -0.3 is 9.64 Å². The van der Waals surface area contributed by atoms with Gasteiger partial charge in [0.05, 0.1) is 28.2 Å². The standard InChI is InChI=1S/C18H17ClF3N3O4S/c1-29-17(26)12-3-2-4-14(9-12)30(27,28)25-7-5-24(6-8-25)16-15(19)10-13(11-23-16)18(20,21)22/h2-4,9-11H,5-8H2,1H3. The molecule has 0 radical (unpaired) electrons. The van der Waals surface area contributed by atoms with Gasteiger partial charge in [-0.05, 0) is 24.3 Å². The van der Waals surface area contributed by atoms with Crippen LogP contribution in [-0.2, 0) is 20.9 Å². The molecule has 1 aliphatic heterocycles.